The van der Waals surface area contributed by atoms with Gasteiger partial charge in [0.25, 0.3) is 0 Å². The molecule has 0 saturated carbocycles. The number of nitrogens with two attached hydrogens (primary N) is 1. The molecule has 8 nitrogen and oxygen atoms in total. The summed E-state index contributed by atoms with van der Waals surface area (Å²) in [5.74, 6) is 1.20. The van der Waals surface area contributed by atoms with Crippen LogP contribution in [0, 0.1) is 0 Å². The number of aromatic nitrogens is 3. The van der Waals surface area contributed by atoms with Crippen molar-refractivity contribution in [2.45, 2.75) is 57.3 Å². The van der Waals surface area contributed by atoms with Gasteiger partial charge in [-0.05, 0) is 25.5 Å². The standard InChI is InChI=1S/C17H25N5O3S/c1-3-5-12(2)19-16(24)11-26-17-21-20-15(8-7-14(18)23)22(17)10-13-6-4-9-25-13/h4,6,9,12H,3,5,7-8,10-11H2,1-2H3,(H2,18,23)(H,19,24). The molecule has 0 spiro atoms. The van der Waals surface area contributed by atoms with E-state index in [-0.39, 0.29) is 24.1 Å². The zero-order chi connectivity index (χ0) is 18.9. The van der Waals surface area contributed by atoms with Gasteiger partial charge in [0.2, 0.25) is 11.8 Å². The Balaban J connectivity index is 2.04. The predicted octanol–water partition coefficient (Wildman–Crippen LogP) is 1.73. The third kappa shape index (κ3) is 6.21. The molecule has 2 aromatic rings. The first-order chi connectivity index (χ1) is 12.5. The summed E-state index contributed by atoms with van der Waals surface area (Å²) >= 11 is 1.31. The topological polar surface area (TPSA) is 116 Å². The molecule has 2 heterocycles. The maximum Gasteiger partial charge on any atom is 0.230 e. The number of hydrogen-bond donors (Lipinski definition) is 2. The fourth-order valence-electron chi connectivity index (χ4n) is 2.51. The number of nitrogens with one attached hydrogen (secondary N) is 1. The lowest BCUT2D eigenvalue weighted by atomic mass is 10.2. The van der Waals surface area contributed by atoms with Crippen LogP contribution < -0.4 is 11.1 Å². The largest absolute Gasteiger partial charge is 0.467 e. The minimum Gasteiger partial charge on any atom is -0.467 e. The van der Waals surface area contributed by atoms with Gasteiger partial charge in [-0.15, -0.1) is 10.2 Å². The molecule has 142 valence electrons. The van der Waals surface area contributed by atoms with Crippen LogP contribution in [0.15, 0.2) is 28.0 Å². The van der Waals surface area contributed by atoms with Crippen LogP contribution in [0.1, 0.15) is 44.7 Å². The minimum atomic E-state index is -0.393. The molecule has 2 aromatic heterocycles. The van der Waals surface area contributed by atoms with E-state index in [9.17, 15) is 9.59 Å². The van der Waals surface area contributed by atoms with Gasteiger partial charge < -0.3 is 15.5 Å². The summed E-state index contributed by atoms with van der Waals surface area (Å²) in [4.78, 5) is 23.1. The molecule has 0 aromatic carbocycles. The van der Waals surface area contributed by atoms with E-state index >= 15 is 0 Å². The molecular formula is C17H25N5O3S. The van der Waals surface area contributed by atoms with Gasteiger partial charge in [0.15, 0.2) is 5.16 Å². The first-order valence-corrected chi connectivity index (χ1v) is 9.63. The van der Waals surface area contributed by atoms with E-state index in [2.05, 4.69) is 22.4 Å². The van der Waals surface area contributed by atoms with Crippen molar-refractivity contribution in [2.24, 2.45) is 5.73 Å². The summed E-state index contributed by atoms with van der Waals surface area (Å²) in [5, 5.41) is 11.9. The maximum absolute atomic E-state index is 12.1. The van der Waals surface area contributed by atoms with Gasteiger partial charge in [0, 0.05) is 18.9 Å². The maximum atomic E-state index is 12.1. The van der Waals surface area contributed by atoms with Gasteiger partial charge in [-0.1, -0.05) is 25.1 Å². The summed E-state index contributed by atoms with van der Waals surface area (Å²) < 4.78 is 7.25. The van der Waals surface area contributed by atoms with Crippen LogP contribution in [0.25, 0.3) is 0 Å². The summed E-state index contributed by atoms with van der Waals surface area (Å²) in [6, 6.07) is 3.81. The molecule has 9 heteroatoms. The lowest BCUT2D eigenvalue weighted by Gasteiger charge is -2.12. The van der Waals surface area contributed by atoms with Gasteiger partial charge in [-0.2, -0.15) is 0 Å². The molecule has 3 N–H and O–H groups in total. The first kappa shape index (κ1) is 20.0. The number of amides is 2. The van der Waals surface area contributed by atoms with Gasteiger partial charge in [-0.3, -0.25) is 14.2 Å². The molecule has 1 unspecified atom stereocenters. The smallest absolute Gasteiger partial charge is 0.230 e. The van der Waals surface area contributed by atoms with E-state index in [1.165, 1.54) is 11.8 Å². The Morgan fingerprint density at radius 3 is 2.88 bits per heavy atom. The van der Waals surface area contributed by atoms with Crippen LogP contribution in [-0.4, -0.2) is 38.4 Å². The van der Waals surface area contributed by atoms with E-state index in [0.717, 1.165) is 18.6 Å². The highest BCUT2D eigenvalue weighted by atomic mass is 32.2. The Hall–Kier alpha value is -2.29. The van der Waals surface area contributed by atoms with Gasteiger partial charge in [0.1, 0.15) is 11.6 Å². The molecule has 0 bridgehead atoms. The minimum absolute atomic E-state index is 0.0396. The van der Waals surface area contributed by atoms with Crippen LogP contribution in [0.3, 0.4) is 0 Å². The highest BCUT2D eigenvalue weighted by Gasteiger charge is 2.16. The van der Waals surface area contributed by atoms with Gasteiger partial charge in [0.05, 0.1) is 18.6 Å². The van der Waals surface area contributed by atoms with Crippen LogP contribution in [0.5, 0.6) is 0 Å². The number of rotatable bonds is 11. The number of aryl methyl sites for hydroxylation is 1. The normalized spacial score (nSPS) is 12.1. The third-order valence-corrected chi connectivity index (χ3v) is 4.71. The molecule has 2 rings (SSSR count). The van der Waals surface area contributed by atoms with Crippen LogP contribution in [-0.2, 0) is 22.6 Å². The van der Waals surface area contributed by atoms with Crippen molar-refractivity contribution in [2.75, 3.05) is 5.75 Å². The molecular weight excluding hydrogens is 354 g/mol. The number of furan rings is 1. The number of carbonyl (C=O) groups is 2. The summed E-state index contributed by atoms with van der Waals surface area (Å²) in [7, 11) is 0. The molecule has 0 aliphatic rings. The van der Waals surface area contributed by atoms with E-state index in [0.29, 0.717) is 23.9 Å². The fraction of sp³-hybridized carbons (Fsp3) is 0.529. The predicted molar refractivity (Wildman–Crippen MR) is 98.6 cm³/mol. The fourth-order valence-corrected chi connectivity index (χ4v) is 3.28. The Morgan fingerprint density at radius 2 is 2.23 bits per heavy atom. The van der Waals surface area contributed by atoms with Crippen LogP contribution >= 0.6 is 11.8 Å². The highest BCUT2D eigenvalue weighted by Crippen LogP contribution is 2.19. The number of carbonyl (C=O) groups excluding carboxylic acids is 2. The second-order valence-corrected chi connectivity index (χ2v) is 7.02. The quantitative estimate of drug-likeness (QED) is 0.575. The van der Waals surface area contributed by atoms with Gasteiger partial charge in [-0.25, -0.2) is 0 Å². The first-order valence-electron chi connectivity index (χ1n) is 8.64. The number of hydrogen-bond acceptors (Lipinski definition) is 6. The molecule has 1 atom stereocenters. The zero-order valence-corrected chi connectivity index (χ0v) is 15.9. The van der Waals surface area contributed by atoms with Crippen molar-refractivity contribution in [1.29, 1.82) is 0 Å². The van der Waals surface area contributed by atoms with E-state index in [1.807, 2.05) is 17.6 Å². The Labute approximate surface area is 156 Å². The SMILES string of the molecule is CCCC(C)NC(=O)CSc1nnc(CCC(N)=O)n1Cc1ccco1. The van der Waals surface area contributed by atoms with Crippen molar-refractivity contribution in [3.8, 4) is 0 Å². The number of thioether (sulfide) groups is 1. The molecule has 0 aliphatic heterocycles. The summed E-state index contributed by atoms with van der Waals surface area (Å²) in [6.07, 6.45) is 4.15. The molecule has 26 heavy (non-hydrogen) atoms. The van der Waals surface area contributed by atoms with E-state index in [1.54, 1.807) is 12.3 Å². The van der Waals surface area contributed by atoms with Gasteiger partial charge >= 0.3 is 0 Å². The average molecular weight is 379 g/mol. The van der Waals surface area contributed by atoms with Crippen molar-refractivity contribution >= 4 is 23.6 Å². The van der Waals surface area contributed by atoms with Crippen molar-refractivity contribution < 1.29 is 14.0 Å². The lowest BCUT2D eigenvalue weighted by Crippen LogP contribution is -2.33. The Kier molecular flexibility index (Phi) is 7.71. The molecule has 0 saturated heterocycles. The average Bonchev–Trinajstić information content (AvgIpc) is 3.22. The molecule has 0 radical (unpaired) electrons. The van der Waals surface area contributed by atoms with Crippen LogP contribution in [0.4, 0.5) is 0 Å². The van der Waals surface area contributed by atoms with Crippen molar-refractivity contribution in [1.82, 2.24) is 20.1 Å². The van der Waals surface area contributed by atoms with Crippen molar-refractivity contribution in [3.63, 3.8) is 0 Å². The Bertz CT molecular complexity index is 714. The number of primary amides is 1. The van der Waals surface area contributed by atoms with Crippen LogP contribution in [0.2, 0.25) is 0 Å². The van der Waals surface area contributed by atoms with Crippen molar-refractivity contribution in [3.05, 3.63) is 30.0 Å². The Morgan fingerprint density at radius 1 is 1.42 bits per heavy atom. The summed E-state index contributed by atoms with van der Waals surface area (Å²) in [5.41, 5.74) is 5.23. The number of nitrogens with zero attached hydrogens (tertiary/aromatic N) is 3. The zero-order valence-electron chi connectivity index (χ0n) is 15.1. The second kappa shape index (κ2) is 10.0. The summed E-state index contributed by atoms with van der Waals surface area (Å²) in [6.45, 7) is 4.51. The van der Waals surface area contributed by atoms with E-state index < -0.39 is 5.91 Å². The molecule has 0 aliphatic carbocycles. The van der Waals surface area contributed by atoms with E-state index in [4.69, 9.17) is 10.2 Å². The molecule has 0 fully saturated rings. The molecule has 2 amide bonds. The third-order valence-electron chi connectivity index (χ3n) is 3.74. The lowest BCUT2D eigenvalue weighted by molar-refractivity contribution is -0.119. The highest BCUT2D eigenvalue weighted by molar-refractivity contribution is 7.99. The second-order valence-electron chi connectivity index (χ2n) is 6.08. The monoisotopic (exact) mass is 379 g/mol.